The molecule has 1 amide bonds. The predicted octanol–water partition coefficient (Wildman–Crippen LogP) is 3.42. The first-order chi connectivity index (χ1) is 11.5. The summed E-state index contributed by atoms with van der Waals surface area (Å²) >= 11 is 14.5. The molecule has 0 radical (unpaired) electrons. The predicted molar refractivity (Wildman–Crippen MR) is 98.5 cm³/mol. The third kappa shape index (κ3) is 5.75. The van der Waals surface area contributed by atoms with Crippen LogP contribution in [0.4, 0.5) is 10.9 Å². The van der Waals surface area contributed by atoms with Crippen molar-refractivity contribution in [2.24, 2.45) is 0 Å². The number of pyridine rings is 1. The van der Waals surface area contributed by atoms with Gasteiger partial charge in [0.2, 0.25) is 11.0 Å². The fraction of sp³-hybridized carbons (Fsp3) is 0.385. The van der Waals surface area contributed by atoms with E-state index >= 15 is 0 Å². The van der Waals surface area contributed by atoms with E-state index in [2.05, 4.69) is 25.8 Å². The number of rotatable bonds is 8. The van der Waals surface area contributed by atoms with Crippen molar-refractivity contribution in [1.29, 1.82) is 0 Å². The van der Waals surface area contributed by atoms with E-state index in [1.54, 1.807) is 14.0 Å². The maximum atomic E-state index is 12.2. The molecule has 0 aliphatic rings. The zero-order valence-electron chi connectivity index (χ0n) is 12.9. The second-order valence-electron chi connectivity index (χ2n) is 4.53. The Labute approximate surface area is 157 Å². The van der Waals surface area contributed by atoms with E-state index in [1.165, 1.54) is 35.4 Å². The highest BCUT2D eigenvalue weighted by molar-refractivity contribution is 8.02. The smallest absolute Gasteiger partial charge is 0.238 e. The number of ether oxygens (including phenoxy) is 1. The summed E-state index contributed by atoms with van der Waals surface area (Å²) < 4.78 is 5.64. The molecule has 0 saturated carbocycles. The van der Waals surface area contributed by atoms with Crippen LogP contribution >= 0.6 is 46.3 Å². The van der Waals surface area contributed by atoms with Crippen LogP contribution in [0.25, 0.3) is 0 Å². The normalized spacial score (nSPS) is 12.0. The highest BCUT2D eigenvalue weighted by atomic mass is 35.5. The minimum absolute atomic E-state index is 0.235. The minimum atomic E-state index is -0.390. The molecule has 24 heavy (non-hydrogen) atoms. The topological polar surface area (TPSA) is 89.0 Å². The number of hydrogen-bond donors (Lipinski definition) is 2. The van der Waals surface area contributed by atoms with Gasteiger partial charge in [-0.2, -0.15) is 0 Å². The molecule has 2 aromatic heterocycles. The third-order valence-electron chi connectivity index (χ3n) is 2.69. The molecule has 0 spiro atoms. The number of nitrogens with zero attached hydrogens (tertiary/aromatic N) is 3. The quantitative estimate of drug-likeness (QED) is 0.511. The van der Waals surface area contributed by atoms with Crippen molar-refractivity contribution >= 4 is 63.2 Å². The lowest BCUT2D eigenvalue weighted by atomic mass is 10.4. The zero-order valence-corrected chi connectivity index (χ0v) is 16.0. The number of carbonyl (C=O) groups excluding carboxylic acids is 1. The number of hydrogen-bond acceptors (Lipinski definition) is 8. The molecule has 0 saturated heterocycles. The molecule has 0 bridgehead atoms. The van der Waals surface area contributed by atoms with Crippen molar-refractivity contribution in [1.82, 2.24) is 15.2 Å². The van der Waals surface area contributed by atoms with Crippen molar-refractivity contribution in [3.63, 3.8) is 0 Å². The maximum Gasteiger partial charge on any atom is 0.238 e. The van der Waals surface area contributed by atoms with Crippen molar-refractivity contribution in [2.45, 2.75) is 16.5 Å². The molecule has 11 heteroatoms. The number of halogens is 2. The Hall–Kier alpha value is -1.13. The van der Waals surface area contributed by atoms with E-state index < -0.39 is 5.25 Å². The molecule has 7 nitrogen and oxygen atoms in total. The van der Waals surface area contributed by atoms with E-state index in [0.29, 0.717) is 27.6 Å². The molecule has 0 aliphatic carbocycles. The van der Waals surface area contributed by atoms with Gasteiger partial charge in [-0.25, -0.2) is 4.98 Å². The number of amides is 1. The van der Waals surface area contributed by atoms with Gasteiger partial charge < -0.3 is 15.4 Å². The van der Waals surface area contributed by atoms with Gasteiger partial charge in [0.25, 0.3) is 0 Å². The lowest BCUT2D eigenvalue weighted by molar-refractivity contribution is -0.115. The second kappa shape index (κ2) is 9.38. The first-order valence-electron chi connectivity index (χ1n) is 6.84. The van der Waals surface area contributed by atoms with Crippen LogP contribution in [0.1, 0.15) is 6.92 Å². The molecule has 130 valence electrons. The number of nitrogens with one attached hydrogen (secondary N) is 2. The molecular weight excluding hydrogens is 393 g/mol. The molecule has 2 heterocycles. The minimum Gasteiger partial charge on any atom is -0.383 e. The Balaban J connectivity index is 1.89. The van der Waals surface area contributed by atoms with Crippen LogP contribution in [0.5, 0.6) is 0 Å². The van der Waals surface area contributed by atoms with E-state index in [9.17, 15) is 4.79 Å². The van der Waals surface area contributed by atoms with Gasteiger partial charge in [-0.3, -0.25) is 4.79 Å². The number of carbonyl (C=O) groups is 1. The molecule has 0 unspecified atom stereocenters. The van der Waals surface area contributed by atoms with Crippen LogP contribution in [0.2, 0.25) is 10.0 Å². The lowest BCUT2D eigenvalue weighted by Crippen LogP contribution is -2.23. The van der Waals surface area contributed by atoms with Gasteiger partial charge in [0, 0.05) is 19.9 Å². The van der Waals surface area contributed by atoms with Crippen molar-refractivity contribution in [3.05, 3.63) is 22.3 Å². The third-order valence-corrected chi connectivity index (χ3v) is 5.25. The molecule has 0 aromatic carbocycles. The molecule has 0 aliphatic heterocycles. The highest BCUT2D eigenvalue weighted by Crippen LogP contribution is 2.30. The van der Waals surface area contributed by atoms with Gasteiger partial charge in [0.15, 0.2) is 10.2 Å². The Kier molecular flexibility index (Phi) is 7.50. The molecule has 2 N–H and O–H groups in total. The monoisotopic (exact) mass is 407 g/mol. The summed E-state index contributed by atoms with van der Waals surface area (Å²) in [6.07, 6.45) is 1.42. The molecule has 2 rings (SSSR count). The van der Waals surface area contributed by atoms with Crippen molar-refractivity contribution < 1.29 is 9.53 Å². The van der Waals surface area contributed by atoms with Crippen LogP contribution in [0, 0.1) is 0 Å². The Morgan fingerprint density at radius 2 is 2.25 bits per heavy atom. The van der Waals surface area contributed by atoms with Gasteiger partial charge in [0.1, 0.15) is 0 Å². The zero-order chi connectivity index (χ0) is 17.5. The summed E-state index contributed by atoms with van der Waals surface area (Å²) in [6.45, 7) is 2.99. The van der Waals surface area contributed by atoms with Gasteiger partial charge in [0.05, 0.1) is 21.9 Å². The fourth-order valence-electron chi connectivity index (χ4n) is 1.52. The summed E-state index contributed by atoms with van der Waals surface area (Å²) in [6, 6.07) is 1.52. The van der Waals surface area contributed by atoms with Gasteiger partial charge >= 0.3 is 0 Å². The van der Waals surface area contributed by atoms with Crippen molar-refractivity contribution in [2.75, 3.05) is 30.9 Å². The SMILES string of the molecule is COCCNc1nnc(S[C@@H](C)C(=O)Nc2ncc(Cl)cc2Cl)s1. The Morgan fingerprint density at radius 3 is 2.96 bits per heavy atom. The summed E-state index contributed by atoms with van der Waals surface area (Å²) in [5, 5.41) is 14.8. The van der Waals surface area contributed by atoms with Gasteiger partial charge in [-0.05, 0) is 13.0 Å². The number of methoxy groups -OCH3 is 1. The second-order valence-corrected chi connectivity index (χ2v) is 7.94. The first kappa shape index (κ1) is 19.2. The Bertz CT molecular complexity index is 701. The summed E-state index contributed by atoms with van der Waals surface area (Å²) in [7, 11) is 1.63. The largest absolute Gasteiger partial charge is 0.383 e. The van der Waals surface area contributed by atoms with Gasteiger partial charge in [-0.1, -0.05) is 46.3 Å². The summed E-state index contributed by atoms with van der Waals surface area (Å²) in [5.74, 6) is 0.0403. The molecule has 1 atom stereocenters. The highest BCUT2D eigenvalue weighted by Gasteiger charge is 2.18. The van der Waals surface area contributed by atoms with Crippen LogP contribution in [0.3, 0.4) is 0 Å². The summed E-state index contributed by atoms with van der Waals surface area (Å²) in [4.78, 5) is 16.2. The number of aromatic nitrogens is 3. The Morgan fingerprint density at radius 1 is 1.46 bits per heavy atom. The van der Waals surface area contributed by atoms with Crippen LogP contribution in [-0.4, -0.2) is 46.6 Å². The van der Waals surface area contributed by atoms with Crippen molar-refractivity contribution in [3.8, 4) is 0 Å². The molecule has 0 fully saturated rings. The van der Waals surface area contributed by atoms with Crippen LogP contribution in [0.15, 0.2) is 16.6 Å². The molecular formula is C13H15Cl2N5O2S2. The maximum absolute atomic E-state index is 12.2. The van der Waals surface area contributed by atoms with Crippen LogP contribution in [-0.2, 0) is 9.53 Å². The standard InChI is InChI=1S/C13H15Cl2N5O2S2/c1-7(11(21)18-10-9(15)5-8(14)6-17-10)23-13-20-19-12(24-13)16-3-4-22-2/h5-7H,3-4H2,1-2H3,(H,16,19)(H,17,18,21)/t7-/m0/s1. The first-order valence-corrected chi connectivity index (χ1v) is 9.29. The van der Waals surface area contributed by atoms with Gasteiger partial charge in [-0.15, -0.1) is 10.2 Å². The average Bonchev–Trinajstić information content (AvgIpc) is 2.97. The van der Waals surface area contributed by atoms with E-state index in [-0.39, 0.29) is 16.7 Å². The lowest BCUT2D eigenvalue weighted by Gasteiger charge is -2.10. The van der Waals surface area contributed by atoms with Crippen LogP contribution < -0.4 is 10.6 Å². The van der Waals surface area contributed by atoms with E-state index in [1.807, 2.05) is 0 Å². The van der Waals surface area contributed by atoms with E-state index in [4.69, 9.17) is 27.9 Å². The average molecular weight is 408 g/mol. The summed E-state index contributed by atoms with van der Waals surface area (Å²) in [5.41, 5.74) is 0. The fourth-order valence-corrected chi connectivity index (χ4v) is 3.87. The van der Waals surface area contributed by atoms with E-state index in [0.717, 1.165) is 0 Å². The number of thioether (sulfide) groups is 1. The number of anilines is 2. The molecule has 2 aromatic rings.